The zero-order valence-corrected chi connectivity index (χ0v) is 14.3. The number of halogens is 1. The van der Waals surface area contributed by atoms with E-state index in [1.807, 2.05) is 0 Å². The van der Waals surface area contributed by atoms with Gasteiger partial charge < -0.3 is 10.4 Å². The second-order valence-electron chi connectivity index (χ2n) is 7.43. The summed E-state index contributed by atoms with van der Waals surface area (Å²) in [6.45, 7) is 6.42. The lowest BCUT2D eigenvalue weighted by atomic mass is 9.45. The number of rotatable bonds is 4. The minimum absolute atomic E-state index is 0.00644. The maximum Gasteiger partial charge on any atom is 0.325 e. The van der Waals surface area contributed by atoms with Crippen molar-refractivity contribution in [2.45, 2.75) is 46.2 Å². The summed E-state index contributed by atoms with van der Waals surface area (Å²) in [6, 6.07) is 0.265. The highest BCUT2D eigenvalue weighted by Gasteiger charge is 2.56. The molecule has 0 aliphatic heterocycles. The maximum atomic E-state index is 12.1. The van der Waals surface area contributed by atoms with Crippen LogP contribution in [0.5, 0.6) is 0 Å². The largest absolute Gasteiger partial charge is 0.480 e. The van der Waals surface area contributed by atoms with Crippen LogP contribution >= 0.6 is 11.6 Å². The van der Waals surface area contributed by atoms with E-state index in [9.17, 15) is 9.59 Å². The molecule has 3 aliphatic rings. The van der Waals surface area contributed by atoms with Crippen LogP contribution in [0.2, 0.25) is 5.02 Å². The van der Waals surface area contributed by atoms with E-state index < -0.39 is 18.1 Å². The molecule has 0 saturated heterocycles. The van der Waals surface area contributed by atoms with Crippen LogP contribution in [0.4, 0.5) is 5.69 Å². The Balaban J connectivity index is 1.78. The Bertz CT molecular complexity index is 700. The molecule has 3 fully saturated rings. The monoisotopic (exact) mass is 339 g/mol. The van der Waals surface area contributed by atoms with Gasteiger partial charge in [0.2, 0.25) is 0 Å². The Kier molecular flexibility index (Phi) is 3.91. The molecule has 2 bridgehead atoms. The van der Waals surface area contributed by atoms with Gasteiger partial charge in [0.15, 0.2) is 0 Å². The Morgan fingerprint density at radius 2 is 2.22 bits per heavy atom. The van der Waals surface area contributed by atoms with Crippen LogP contribution in [0.25, 0.3) is 0 Å². The van der Waals surface area contributed by atoms with E-state index in [-0.39, 0.29) is 11.1 Å². The summed E-state index contributed by atoms with van der Waals surface area (Å²) in [5.74, 6) is 0.741. The molecule has 0 aromatic carbocycles. The molecule has 3 aliphatic carbocycles. The summed E-state index contributed by atoms with van der Waals surface area (Å²) in [4.78, 5) is 22.8. The number of hydrogen-bond acceptors (Lipinski definition) is 4. The summed E-state index contributed by atoms with van der Waals surface area (Å²) in [5, 5.41) is 16.0. The van der Waals surface area contributed by atoms with Crippen LogP contribution < -0.4 is 10.9 Å². The Hall–Kier alpha value is -1.56. The van der Waals surface area contributed by atoms with E-state index in [1.165, 1.54) is 12.6 Å². The zero-order chi connectivity index (χ0) is 16.9. The molecule has 2 N–H and O–H groups in total. The Morgan fingerprint density at radius 3 is 2.78 bits per heavy atom. The molecular weight excluding hydrogens is 318 g/mol. The molecule has 3 saturated carbocycles. The van der Waals surface area contributed by atoms with Crippen LogP contribution in [0, 0.1) is 23.2 Å². The van der Waals surface area contributed by atoms with Gasteiger partial charge in [0, 0.05) is 6.04 Å². The van der Waals surface area contributed by atoms with Gasteiger partial charge >= 0.3 is 5.97 Å². The van der Waals surface area contributed by atoms with Gasteiger partial charge in [-0.3, -0.25) is 9.59 Å². The van der Waals surface area contributed by atoms with Crippen molar-refractivity contribution in [3.63, 3.8) is 0 Å². The van der Waals surface area contributed by atoms with Crippen LogP contribution in [0.15, 0.2) is 11.0 Å². The molecule has 4 atom stereocenters. The van der Waals surface area contributed by atoms with Crippen molar-refractivity contribution in [1.29, 1.82) is 0 Å². The number of aliphatic carboxylic acids is 1. The third-order valence-corrected chi connectivity index (χ3v) is 6.33. The van der Waals surface area contributed by atoms with E-state index in [0.29, 0.717) is 28.9 Å². The van der Waals surface area contributed by atoms with Gasteiger partial charge in [0.25, 0.3) is 5.56 Å². The fraction of sp³-hybridized carbons (Fsp3) is 0.688. The number of carbonyl (C=O) groups is 1. The van der Waals surface area contributed by atoms with Crippen LogP contribution in [-0.4, -0.2) is 26.9 Å². The molecular formula is C16H22ClN3O3. The lowest BCUT2D eigenvalue weighted by Gasteiger charge is -2.62. The quantitative estimate of drug-likeness (QED) is 0.880. The first-order valence-electron chi connectivity index (χ1n) is 7.95. The third kappa shape index (κ3) is 2.63. The van der Waals surface area contributed by atoms with Crippen LogP contribution in [0.1, 0.15) is 33.6 Å². The van der Waals surface area contributed by atoms with Crippen molar-refractivity contribution < 1.29 is 9.90 Å². The average molecular weight is 340 g/mol. The van der Waals surface area contributed by atoms with Gasteiger partial charge in [0.1, 0.15) is 11.6 Å². The topological polar surface area (TPSA) is 84.2 Å². The first-order chi connectivity index (χ1) is 10.7. The molecule has 0 unspecified atom stereocenters. The standard InChI is InChI=1S/C16H22ClN3O3/c1-8-10-4-9(16(10,2)3)5-11(8)19-12-6-18-20(7-13(21)22)15(23)14(12)17/h6,8-11,19H,4-5,7H2,1-3H3,(H,21,22)/t8-,9+,10+,11+/m0/s1. The molecule has 6 nitrogen and oxygen atoms in total. The number of nitrogens with zero attached hydrogens (tertiary/aromatic N) is 2. The van der Waals surface area contributed by atoms with E-state index in [0.717, 1.165) is 11.1 Å². The number of nitrogens with one attached hydrogen (secondary N) is 1. The Morgan fingerprint density at radius 1 is 1.52 bits per heavy atom. The number of aromatic nitrogens is 2. The lowest BCUT2D eigenvalue weighted by Crippen LogP contribution is -2.58. The second-order valence-corrected chi connectivity index (χ2v) is 7.81. The van der Waals surface area contributed by atoms with Gasteiger partial charge in [-0.15, -0.1) is 0 Å². The summed E-state index contributed by atoms with van der Waals surface area (Å²) in [6.07, 6.45) is 3.78. The summed E-state index contributed by atoms with van der Waals surface area (Å²) >= 11 is 6.12. The number of carboxylic acid groups (broad SMARTS) is 1. The fourth-order valence-electron chi connectivity index (χ4n) is 4.35. The van der Waals surface area contributed by atoms with E-state index >= 15 is 0 Å². The summed E-state index contributed by atoms with van der Waals surface area (Å²) < 4.78 is 0.862. The van der Waals surface area contributed by atoms with Crippen molar-refractivity contribution >= 4 is 23.3 Å². The summed E-state index contributed by atoms with van der Waals surface area (Å²) in [7, 11) is 0. The second kappa shape index (κ2) is 5.51. The van der Waals surface area contributed by atoms with E-state index in [1.54, 1.807) is 0 Å². The molecule has 23 heavy (non-hydrogen) atoms. The highest BCUT2D eigenvalue weighted by atomic mass is 35.5. The van der Waals surface area contributed by atoms with Gasteiger partial charge in [-0.1, -0.05) is 32.4 Å². The van der Waals surface area contributed by atoms with Gasteiger partial charge in [-0.25, -0.2) is 4.68 Å². The molecule has 1 heterocycles. The van der Waals surface area contributed by atoms with Crippen molar-refractivity contribution in [1.82, 2.24) is 9.78 Å². The number of anilines is 1. The highest BCUT2D eigenvalue weighted by molar-refractivity contribution is 6.32. The molecule has 1 aromatic rings. The number of carboxylic acids is 1. The molecule has 126 valence electrons. The molecule has 0 amide bonds. The van der Waals surface area contributed by atoms with Crippen LogP contribution in [-0.2, 0) is 11.3 Å². The first kappa shape index (κ1) is 16.3. The number of hydrogen-bond donors (Lipinski definition) is 2. The predicted molar refractivity (Wildman–Crippen MR) is 87.7 cm³/mol. The minimum atomic E-state index is -1.13. The predicted octanol–water partition coefficient (Wildman–Crippen LogP) is 2.46. The molecule has 0 radical (unpaired) electrons. The highest BCUT2D eigenvalue weighted by Crippen LogP contribution is 2.61. The minimum Gasteiger partial charge on any atom is -0.480 e. The van der Waals surface area contributed by atoms with E-state index in [4.69, 9.17) is 16.7 Å². The van der Waals surface area contributed by atoms with Crippen molar-refractivity contribution in [3.8, 4) is 0 Å². The number of fused-ring (bicyclic) bond motifs is 2. The van der Waals surface area contributed by atoms with Gasteiger partial charge in [-0.05, 0) is 36.0 Å². The third-order valence-electron chi connectivity index (χ3n) is 5.96. The molecule has 7 heteroatoms. The average Bonchev–Trinajstić information content (AvgIpc) is 2.47. The van der Waals surface area contributed by atoms with Crippen molar-refractivity contribution in [3.05, 3.63) is 21.6 Å². The van der Waals surface area contributed by atoms with Crippen LogP contribution in [0.3, 0.4) is 0 Å². The maximum absolute atomic E-state index is 12.1. The normalized spacial score (nSPS) is 31.3. The van der Waals surface area contributed by atoms with Gasteiger partial charge in [-0.2, -0.15) is 5.10 Å². The van der Waals surface area contributed by atoms with E-state index in [2.05, 4.69) is 31.2 Å². The first-order valence-corrected chi connectivity index (χ1v) is 8.33. The molecule has 4 rings (SSSR count). The van der Waals surface area contributed by atoms with Gasteiger partial charge in [0.05, 0.1) is 11.9 Å². The van der Waals surface area contributed by atoms with Crippen molar-refractivity contribution in [2.75, 3.05) is 5.32 Å². The SMILES string of the molecule is C[C@H]1[C@H]2C[C@H](C[C@H]1Nc1cnn(CC(=O)O)c(=O)c1Cl)C2(C)C. The smallest absolute Gasteiger partial charge is 0.325 e. The summed E-state index contributed by atoms with van der Waals surface area (Å²) in [5.41, 5.74) is 0.312. The fourth-order valence-corrected chi connectivity index (χ4v) is 4.55. The zero-order valence-electron chi connectivity index (χ0n) is 13.5. The molecule has 0 spiro atoms. The Labute approximate surface area is 139 Å². The van der Waals surface area contributed by atoms with Crippen molar-refractivity contribution in [2.24, 2.45) is 23.2 Å². The molecule has 1 aromatic heterocycles. The lowest BCUT2D eigenvalue weighted by molar-refractivity contribution is -0.138.